The number of aromatic nitrogens is 2. The maximum Gasteiger partial charge on any atom is 0.163 e. The van der Waals surface area contributed by atoms with Gasteiger partial charge in [-0.05, 0) is 37.0 Å². The standard InChI is InChI=1S/C24H27FN4O2S/c1-14-9-10-28(29-13-22(32-15(29)2)16-5-7-17(25)8-6-16)23(14)24-26-18-11-20(30-3)21(31-4)12-19(18)27-24/h5-8,11-15,23H,9-10H2,1-4H3,(H,26,27)/t14-,15?,23-/m0/s1. The molecule has 1 fully saturated rings. The number of nitrogens with zero attached hydrogens (tertiary/aromatic N) is 3. The van der Waals surface area contributed by atoms with Crippen molar-refractivity contribution in [2.24, 2.45) is 5.92 Å². The SMILES string of the molecule is COc1cc2nc([C@@H]3[C@@H](C)CCN3N3C=C(c4ccc(F)cc4)SC3C)[nH]c2cc1OC. The number of rotatable bonds is 5. The molecule has 0 bridgehead atoms. The van der Waals surface area contributed by atoms with Crippen molar-refractivity contribution in [2.45, 2.75) is 31.7 Å². The number of hydrogen-bond donors (Lipinski definition) is 1. The fourth-order valence-electron chi connectivity index (χ4n) is 4.63. The largest absolute Gasteiger partial charge is 0.493 e. The first-order chi connectivity index (χ1) is 15.5. The van der Waals surface area contributed by atoms with Gasteiger partial charge in [0, 0.05) is 29.8 Å². The number of benzene rings is 2. The van der Waals surface area contributed by atoms with Crippen molar-refractivity contribution in [3.8, 4) is 11.5 Å². The zero-order chi connectivity index (χ0) is 22.4. The van der Waals surface area contributed by atoms with E-state index in [1.807, 2.05) is 24.3 Å². The van der Waals surface area contributed by atoms with E-state index in [1.165, 1.54) is 12.1 Å². The second-order valence-corrected chi connectivity index (χ2v) is 9.68. The highest BCUT2D eigenvalue weighted by Gasteiger charge is 2.40. The van der Waals surface area contributed by atoms with Crippen molar-refractivity contribution in [3.63, 3.8) is 0 Å². The Morgan fingerprint density at radius 2 is 1.81 bits per heavy atom. The van der Waals surface area contributed by atoms with Gasteiger partial charge in [0.1, 0.15) is 11.6 Å². The molecule has 5 rings (SSSR count). The third-order valence-electron chi connectivity index (χ3n) is 6.30. The summed E-state index contributed by atoms with van der Waals surface area (Å²) in [6.07, 6.45) is 3.27. The molecular formula is C24H27FN4O2S. The molecule has 3 atom stereocenters. The van der Waals surface area contributed by atoms with E-state index in [1.54, 1.807) is 26.0 Å². The Kier molecular flexibility index (Phi) is 5.51. The summed E-state index contributed by atoms with van der Waals surface area (Å²) < 4.78 is 24.3. The van der Waals surface area contributed by atoms with Crippen LogP contribution in [-0.2, 0) is 0 Å². The number of imidazole rings is 1. The molecule has 3 aromatic rings. The molecule has 1 N–H and O–H groups in total. The average Bonchev–Trinajstić information content (AvgIpc) is 3.48. The fourth-order valence-corrected chi connectivity index (χ4v) is 5.72. The van der Waals surface area contributed by atoms with Gasteiger partial charge in [-0.2, -0.15) is 0 Å². The van der Waals surface area contributed by atoms with Gasteiger partial charge < -0.3 is 14.5 Å². The molecule has 1 saturated heterocycles. The molecule has 2 aromatic carbocycles. The second-order valence-electron chi connectivity index (χ2n) is 8.32. The Bertz CT molecular complexity index is 1120. The minimum atomic E-state index is -0.214. The summed E-state index contributed by atoms with van der Waals surface area (Å²) in [7, 11) is 3.27. The minimum Gasteiger partial charge on any atom is -0.493 e. The van der Waals surface area contributed by atoms with Crippen LogP contribution in [0.5, 0.6) is 11.5 Å². The Morgan fingerprint density at radius 1 is 1.09 bits per heavy atom. The van der Waals surface area contributed by atoms with Gasteiger partial charge in [0.25, 0.3) is 0 Å². The first-order valence-corrected chi connectivity index (χ1v) is 11.7. The van der Waals surface area contributed by atoms with Crippen LogP contribution in [0.2, 0.25) is 0 Å². The molecule has 1 aromatic heterocycles. The van der Waals surface area contributed by atoms with Crippen LogP contribution in [0, 0.1) is 11.7 Å². The lowest BCUT2D eigenvalue weighted by atomic mass is 10.0. The number of methoxy groups -OCH3 is 2. The summed E-state index contributed by atoms with van der Waals surface area (Å²) >= 11 is 1.79. The molecule has 0 aliphatic carbocycles. The van der Waals surface area contributed by atoms with Crippen LogP contribution in [0.1, 0.15) is 37.7 Å². The number of hydrogen-bond acceptors (Lipinski definition) is 6. The van der Waals surface area contributed by atoms with Crippen LogP contribution < -0.4 is 9.47 Å². The highest BCUT2D eigenvalue weighted by Crippen LogP contribution is 2.45. The van der Waals surface area contributed by atoms with Crippen molar-refractivity contribution in [1.82, 2.24) is 20.0 Å². The number of ether oxygens (including phenoxy) is 2. The topological polar surface area (TPSA) is 53.6 Å². The van der Waals surface area contributed by atoms with E-state index >= 15 is 0 Å². The predicted octanol–water partition coefficient (Wildman–Crippen LogP) is 5.41. The zero-order valence-corrected chi connectivity index (χ0v) is 19.4. The molecular weight excluding hydrogens is 427 g/mol. The first kappa shape index (κ1) is 21.2. The predicted molar refractivity (Wildman–Crippen MR) is 126 cm³/mol. The third kappa shape index (κ3) is 3.61. The van der Waals surface area contributed by atoms with Crippen molar-refractivity contribution >= 4 is 27.7 Å². The third-order valence-corrected chi connectivity index (χ3v) is 7.46. The first-order valence-electron chi connectivity index (χ1n) is 10.8. The average molecular weight is 455 g/mol. The van der Waals surface area contributed by atoms with E-state index in [0.29, 0.717) is 17.4 Å². The summed E-state index contributed by atoms with van der Waals surface area (Å²) in [5.41, 5.74) is 2.84. The summed E-state index contributed by atoms with van der Waals surface area (Å²) in [5.74, 6) is 2.53. The maximum absolute atomic E-state index is 13.4. The van der Waals surface area contributed by atoms with Crippen molar-refractivity contribution < 1.29 is 13.9 Å². The van der Waals surface area contributed by atoms with Crippen LogP contribution in [0.25, 0.3) is 15.9 Å². The lowest BCUT2D eigenvalue weighted by Gasteiger charge is -2.36. The van der Waals surface area contributed by atoms with Gasteiger partial charge in [-0.3, -0.25) is 5.01 Å². The van der Waals surface area contributed by atoms with Gasteiger partial charge in [0.15, 0.2) is 11.5 Å². The van der Waals surface area contributed by atoms with Crippen LogP contribution in [0.4, 0.5) is 4.39 Å². The summed E-state index contributed by atoms with van der Waals surface area (Å²) in [5, 5.41) is 4.96. The molecule has 168 valence electrons. The Hall–Kier alpha value is -2.71. The molecule has 0 radical (unpaired) electrons. The van der Waals surface area contributed by atoms with E-state index < -0.39 is 0 Å². The van der Waals surface area contributed by atoms with Crippen LogP contribution in [-0.4, -0.2) is 46.1 Å². The van der Waals surface area contributed by atoms with Gasteiger partial charge in [0.05, 0.1) is 36.7 Å². The molecule has 2 aliphatic rings. The number of fused-ring (bicyclic) bond motifs is 1. The Balaban J connectivity index is 1.48. The smallest absolute Gasteiger partial charge is 0.163 e. The minimum absolute atomic E-state index is 0.131. The van der Waals surface area contributed by atoms with E-state index in [2.05, 4.69) is 35.0 Å². The number of nitrogens with one attached hydrogen (secondary N) is 1. The summed E-state index contributed by atoms with van der Waals surface area (Å²) in [4.78, 5) is 9.61. The Labute approximate surface area is 191 Å². The van der Waals surface area contributed by atoms with E-state index in [4.69, 9.17) is 14.5 Å². The Morgan fingerprint density at radius 3 is 2.53 bits per heavy atom. The van der Waals surface area contributed by atoms with Crippen molar-refractivity contribution in [3.05, 3.63) is 59.8 Å². The number of halogens is 1. The molecule has 32 heavy (non-hydrogen) atoms. The van der Waals surface area contributed by atoms with Gasteiger partial charge in [-0.1, -0.05) is 30.8 Å². The molecule has 0 amide bonds. The monoisotopic (exact) mass is 454 g/mol. The molecule has 6 nitrogen and oxygen atoms in total. The molecule has 1 unspecified atom stereocenters. The second kappa shape index (κ2) is 8.33. The number of aromatic amines is 1. The van der Waals surface area contributed by atoms with Gasteiger partial charge >= 0.3 is 0 Å². The fraction of sp³-hybridized carbons (Fsp3) is 0.375. The van der Waals surface area contributed by atoms with E-state index in [0.717, 1.165) is 40.3 Å². The van der Waals surface area contributed by atoms with E-state index in [9.17, 15) is 4.39 Å². The van der Waals surface area contributed by atoms with Gasteiger partial charge in [0.2, 0.25) is 0 Å². The van der Waals surface area contributed by atoms with Gasteiger partial charge in [-0.25, -0.2) is 14.4 Å². The molecule has 0 saturated carbocycles. The lowest BCUT2D eigenvalue weighted by Crippen LogP contribution is -2.41. The van der Waals surface area contributed by atoms with Crippen molar-refractivity contribution in [2.75, 3.05) is 20.8 Å². The van der Waals surface area contributed by atoms with E-state index in [-0.39, 0.29) is 17.2 Å². The molecule has 8 heteroatoms. The normalized spacial score (nSPS) is 23.7. The zero-order valence-electron chi connectivity index (χ0n) is 18.6. The van der Waals surface area contributed by atoms with Crippen molar-refractivity contribution in [1.29, 1.82) is 0 Å². The quantitative estimate of drug-likeness (QED) is 0.556. The molecule has 3 heterocycles. The van der Waals surface area contributed by atoms with Crippen LogP contribution in [0.15, 0.2) is 42.6 Å². The summed E-state index contributed by atoms with van der Waals surface area (Å²) in [6, 6.07) is 10.7. The lowest BCUT2D eigenvalue weighted by molar-refractivity contribution is -0.00509. The maximum atomic E-state index is 13.4. The molecule has 0 spiro atoms. The van der Waals surface area contributed by atoms with Crippen LogP contribution in [0.3, 0.4) is 0 Å². The number of hydrazine groups is 1. The van der Waals surface area contributed by atoms with Crippen LogP contribution >= 0.6 is 11.8 Å². The highest BCUT2D eigenvalue weighted by atomic mass is 32.2. The highest BCUT2D eigenvalue weighted by molar-refractivity contribution is 8.09. The summed E-state index contributed by atoms with van der Waals surface area (Å²) in [6.45, 7) is 5.43. The number of thioether (sulfide) groups is 1. The number of H-pyrrole nitrogens is 1. The molecule has 2 aliphatic heterocycles. The van der Waals surface area contributed by atoms with Gasteiger partial charge in [-0.15, -0.1) is 0 Å².